The molecule has 2 rings (SSSR count). The zero-order chi connectivity index (χ0) is 16.3. The number of likely N-dealkylation sites (tertiary alicyclic amines) is 1. The predicted octanol–water partition coefficient (Wildman–Crippen LogP) is 3.61. The highest BCUT2D eigenvalue weighted by Gasteiger charge is 2.33. The first-order valence-corrected chi connectivity index (χ1v) is 8.14. The molecule has 0 aromatic carbocycles. The summed E-state index contributed by atoms with van der Waals surface area (Å²) < 4.78 is 37.6. The second-order valence-corrected chi connectivity index (χ2v) is 6.96. The lowest BCUT2D eigenvalue weighted by Crippen LogP contribution is -2.42. The lowest BCUT2D eigenvalue weighted by molar-refractivity contribution is -0.134. The number of halogens is 3. The molecule has 1 N–H and O–H groups in total. The van der Waals surface area contributed by atoms with Crippen LogP contribution in [-0.2, 0) is 11.0 Å². The van der Waals surface area contributed by atoms with Crippen LogP contribution in [0.15, 0.2) is 6.20 Å². The van der Waals surface area contributed by atoms with Crippen LogP contribution in [-0.4, -0.2) is 34.9 Å². The number of amides is 1. The van der Waals surface area contributed by atoms with Crippen LogP contribution in [0, 0.1) is 5.92 Å². The van der Waals surface area contributed by atoms with Gasteiger partial charge in [-0.3, -0.25) is 4.79 Å². The number of hydrogen-bond donors (Lipinski definition) is 1. The molecule has 1 aromatic rings. The Labute approximate surface area is 131 Å². The third kappa shape index (κ3) is 4.59. The van der Waals surface area contributed by atoms with E-state index in [4.69, 9.17) is 0 Å². The van der Waals surface area contributed by atoms with Gasteiger partial charge >= 0.3 is 6.18 Å². The first-order chi connectivity index (χ1) is 10.3. The highest BCUT2D eigenvalue weighted by molar-refractivity contribution is 7.15. The molecule has 22 heavy (non-hydrogen) atoms. The van der Waals surface area contributed by atoms with Crippen LogP contribution < -0.4 is 5.32 Å². The number of nitrogens with zero attached hydrogens (tertiary/aromatic N) is 2. The van der Waals surface area contributed by atoms with Crippen LogP contribution in [0.3, 0.4) is 0 Å². The van der Waals surface area contributed by atoms with Crippen molar-refractivity contribution in [2.24, 2.45) is 5.92 Å². The minimum atomic E-state index is -4.34. The molecule has 0 radical (unpaired) electrons. The van der Waals surface area contributed by atoms with Gasteiger partial charge in [-0.05, 0) is 18.8 Å². The van der Waals surface area contributed by atoms with Crippen molar-refractivity contribution < 1.29 is 18.0 Å². The molecule has 8 heteroatoms. The monoisotopic (exact) mass is 335 g/mol. The van der Waals surface area contributed by atoms with Gasteiger partial charge in [-0.2, -0.15) is 13.2 Å². The van der Waals surface area contributed by atoms with Crippen LogP contribution in [0.4, 0.5) is 18.3 Å². The Hall–Kier alpha value is -1.31. The molecule has 124 valence electrons. The Morgan fingerprint density at radius 3 is 2.59 bits per heavy atom. The molecule has 1 aliphatic heterocycles. The molecule has 1 aliphatic rings. The van der Waals surface area contributed by atoms with Crippen LogP contribution in [0.1, 0.15) is 38.0 Å². The summed E-state index contributed by atoms with van der Waals surface area (Å²) in [5.41, 5.74) is 0. The molecule has 0 unspecified atom stereocenters. The van der Waals surface area contributed by atoms with Crippen molar-refractivity contribution in [3.05, 3.63) is 11.1 Å². The number of carbonyl (C=O) groups excluding carboxylic acids is 1. The largest absolute Gasteiger partial charge is 0.427 e. The van der Waals surface area contributed by atoms with E-state index in [1.54, 1.807) is 0 Å². The fourth-order valence-electron chi connectivity index (χ4n) is 2.40. The molecule has 1 amide bonds. The van der Waals surface area contributed by atoms with E-state index in [1.807, 2.05) is 18.7 Å². The molecule has 4 nitrogen and oxygen atoms in total. The third-order valence-electron chi connectivity index (χ3n) is 3.54. The van der Waals surface area contributed by atoms with E-state index < -0.39 is 11.1 Å². The Morgan fingerprint density at radius 1 is 1.45 bits per heavy atom. The summed E-state index contributed by atoms with van der Waals surface area (Å²) >= 11 is 0.621. The minimum Gasteiger partial charge on any atom is -0.359 e. The van der Waals surface area contributed by atoms with Gasteiger partial charge in [0.25, 0.3) is 0 Å². The number of thiazole rings is 1. The standard InChI is InChI=1S/C14H20F3N3OS/c1-9(2)7-12(21)20-5-3-10(4-6-20)19-13-18-8-11(22-13)14(15,16)17/h8-10H,3-7H2,1-2H3,(H,18,19). The number of nitrogens with one attached hydrogen (secondary N) is 1. The Kier molecular flexibility index (Phi) is 5.31. The first kappa shape index (κ1) is 17.1. The van der Waals surface area contributed by atoms with Crippen LogP contribution in [0.2, 0.25) is 0 Å². The number of piperidine rings is 1. The minimum absolute atomic E-state index is 0.0651. The fraction of sp³-hybridized carbons (Fsp3) is 0.714. The molecule has 0 bridgehead atoms. The number of rotatable bonds is 4. The van der Waals surface area contributed by atoms with Gasteiger partial charge in [-0.25, -0.2) is 4.98 Å². The maximum atomic E-state index is 12.5. The summed E-state index contributed by atoms with van der Waals surface area (Å²) in [7, 11) is 0. The van der Waals surface area contributed by atoms with Crippen molar-refractivity contribution in [1.29, 1.82) is 0 Å². The van der Waals surface area contributed by atoms with Gasteiger partial charge in [0.05, 0.1) is 6.20 Å². The highest BCUT2D eigenvalue weighted by atomic mass is 32.1. The average Bonchev–Trinajstić information content (AvgIpc) is 2.87. The second kappa shape index (κ2) is 6.85. The Balaban J connectivity index is 1.82. The van der Waals surface area contributed by atoms with Crippen molar-refractivity contribution in [3.8, 4) is 0 Å². The summed E-state index contributed by atoms with van der Waals surface area (Å²) in [6.45, 7) is 5.29. The van der Waals surface area contributed by atoms with E-state index >= 15 is 0 Å². The van der Waals surface area contributed by atoms with Crippen molar-refractivity contribution >= 4 is 22.4 Å². The molecular weight excluding hydrogens is 315 g/mol. The molecule has 0 saturated carbocycles. The number of hydrogen-bond acceptors (Lipinski definition) is 4. The number of aromatic nitrogens is 1. The lowest BCUT2D eigenvalue weighted by atomic mass is 10.0. The number of carbonyl (C=O) groups is 1. The summed E-state index contributed by atoms with van der Waals surface area (Å²) in [6, 6.07) is 0.0651. The lowest BCUT2D eigenvalue weighted by Gasteiger charge is -2.32. The Morgan fingerprint density at radius 2 is 2.09 bits per heavy atom. The topological polar surface area (TPSA) is 45.2 Å². The van der Waals surface area contributed by atoms with Gasteiger partial charge in [0.15, 0.2) is 5.13 Å². The molecule has 0 atom stereocenters. The zero-order valence-electron chi connectivity index (χ0n) is 12.6. The summed E-state index contributed by atoms with van der Waals surface area (Å²) in [6.07, 6.45) is -1.49. The highest BCUT2D eigenvalue weighted by Crippen LogP contribution is 2.35. The van der Waals surface area contributed by atoms with Gasteiger partial charge in [-0.15, -0.1) is 0 Å². The molecular formula is C14H20F3N3OS. The van der Waals surface area contributed by atoms with Gasteiger partial charge in [0.2, 0.25) is 5.91 Å². The normalized spacial score (nSPS) is 17.1. The third-order valence-corrected chi connectivity index (χ3v) is 4.52. The maximum absolute atomic E-state index is 12.5. The smallest absolute Gasteiger partial charge is 0.359 e. The van der Waals surface area contributed by atoms with Gasteiger partial charge in [0.1, 0.15) is 4.88 Å². The zero-order valence-corrected chi connectivity index (χ0v) is 13.4. The fourth-order valence-corrected chi connectivity index (χ4v) is 3.16. The number of alkyl halides is 3. The maximum Gasteiger partial charge on any atom is 0.427 e. The molecule has 0 spiro atoms. The molecule has 0 aliphatic carbocycles. The van der Waals surface area contributed by atoms with Crippen LogP contribution in [0.5, 0.6) is 0 Å². The van der Waals surface area contributed by atoms with Gasteiger partial charge in [0, 0.05) is 25.6 Å². The van der Waals surface area contributed by atoms with E-state index in [0.717, 1.165) is 19.0 Å². The average molecular weight is 335 g/mol. The molecule has 1 saturated heterocycles. The SMILES string of the molecule is CC(C)CC(=O)N1CCC(Nc2ncc(C(F)(F)F)s2)CC1. The van der Waals surface area contributed by atoms with Gasteiger partial charge < -0.3 is 10.2 Å². The van der Waals surface area contributed by atoms with Crippen LogP contribution >= 0.6 is 11.3 Å². The summed E-state index contributed by atoms with van der Waals surface area (Å²) in [5, 5.41) is 3.33. The van der Waals surface area contributed by atoms with E-state index in [9.17, 15) is 18.0 Å². The van der Waals surface area contributed by atoms with E-state index in [-0.39, 0.29) is 11.9 Å². The first-order valence-electron chi connectivity index (χ1n) is 7.33. The summed E-state index contributed by atoms with van der Waals surface area (Å²) in [4.78, 5) is 16.9. The second-order valence-electron chi connectivity index (χ2n) is 5.92. The van der Waals surface area contributed by atoms with E-state index in [1.165, 1.54) is 0 Å². The summed E-state index contributed by atoms with van der Waals surface area (Å²) in [5.74, 6) is 0.488. The molecule has 1 fully saturated rings. The van der Waals surface area contributed by atoms with E-state index in [2.05, 4.69) is 10.3 Å². The number of anilines is 1. The van der Waals surface area contributed by atoms with Crippen molar-refractivity contribution in [2.75, 3.05) is 18.4 Å². The quantitative estimate of drug-likeness (QED) is 0.914. The van der Waals surface area contributed by atoms with Crippen molar-refractivity contribution in [2.45, 2.75) is 45.3 Å². The Bertz CT molecular complexity index is 508. The molecule has 2 heterocycles. The van der Waals surface area contributed by atoms with Crippen molar-refractivity contribution in [3.63, 3.8) is 0 Å². The van der Waals surface area contributed by atoms with Crippen LogP contribution in [0.25, 0.3) is 0 Å². The van der Waals surface area contributed by atoms with E-state index in [0.29, 0.717) is 41.9 Å². The van der Waals surface area contributed by atoms with Crippen molar-refractivity contribution in [1.82, 2.24) is 9.88 Å². The predicted molar refractivity (Wildman–Crippen MR) is 79.8 cm³/mol. The molecule has 1 aromatic heterocycles. The van der Waals surface area contributed by atoms with Gasteiger partial charge in [-0.1, -0.05) is 25.2 Å².